The smallest absolute Gasteiger partial charge is 0.171 e. The number of thiocarbonyl (C=S) groups is 1. The fourth-order valence-electron chi connectivity index (χ4n) is 2.99. The molecule has 0 unspecified atom stereocenters. The summed E-state index contributed by atoms with van der Waals surface area (Å²) in [7, 11) is 0. The lowest BCUT2D eigenvalue weighted by Gasteiger charge is -2.36. The third-order valence-electron chi connectivity index (χ3n) is 4.15. The van der Waals surface area contributed by atoms with Gasteiger partial charge in [0.15, 0.2) is 10.9 Å². The van der Waals surface area contributed by atoms with E-state index in [9.17, 15) is 4.91 Å². The maximum Gasteiger partial charge on any atom is 0.171 e. The van der Waals surface area contributed by atoms with E-state index in [1.165, 1.54) is 0 Å². The quantitative estimate of drug-likeness (QED) is 0.658. The molecule has 22 heavy (non-hydrogen) atoms. The van der Waals surface area contributed by atoms with Crippen LogP contribution in [0.2, 0.25) is 0 Å². The summed E-state index contributed by atoms with van der Waals surface area (Å²) in [5.74, 6) is -0.360. The number of hydrogen-bond acceptors (Lipinski definition) is 5. The van der Waals surface area contributed by atoms with Crippen molar-refractivity contribution in [1.29, 1.82) is 0 Å². The van der Waals surface area contributed by atoms with Crippen LogP contribution in [0.3, 0.4) is 0 Å². The molecule has 6 nitrogen and oxygen atoms in total. The summed E-state index contributed by atoms with van der Waals surface area (Å²) in [5.41, 5.74) is 0.965. The molecule has 1 saturated heterocycles. The zero-order chi connectivity index (χ0) is 15.4. The Morgan fingerprint density at radius 1 is 1.23 bits per heavy atom. The average molecular weight is 321 g/mol. The average Bonchev–Trinajstić information content (AvgIpc) is 2.99. The van der Waals surface area contributed by atoms with Crippen molar-refractivity contribution in [3.63, 3.8) is 0 Å². The minimum Gasteiger partial charge on any atom is -0.360 e. The summed E-state index contributed by atoms with van der Waals surface area (Å²) in [6.07, 6.45) is 3.63. The van der Waals surface area contributed by atoms with Gasteiger partial charge in [0.2, 0.25) is 0 Å². The third-order valence-corrected chi connectivity index (χ3v) is 4.37. The van der Waals surface area contributed by atoms with Crippen LogP contribution in [-0.4, -0.2) is 30.2 Å². The molecule has 2 fully saturated rings. The van der Waals surface area contributed by atoms with Crippen molar-refractivity contribution < 1.29 is 9.47 Å². The number of benzene rings is 1. The second-order valence-corrected chi connectivity index (χ2v) is 6.00. The number of nitroso groups, excluding NO2 is 1. The molecule has 7 heteroatoms. The van der Waals surface area contributed by atoms with Crippen molar-refractivity contribution in [3.05, 3.63) is 29.2 Å². The topological polar surface area (TPSA) is 72.0 Å². The van der Waals surface area contributed by atoms with Crippen LogP contribution in [0.25, 0.3) is 0 Å². The maximum absolute atomic E-state index is 10.8. The van der Waals surface area contributed by atoms with Crippen LogP contribution in [0.1, 0.15) is 25.7 Å². The van der Waals surface area contributed by atoms with Crippen molar-refractivity contribution >= 4 is 28.7 Å². The maximum atomic E-state index is 10.8. The zero-order valence-electron chi connectivity index (χ0n) is 12.2. The summed E-state index contributed by atoms with van der Waals surface area (Å²) >= 11 is 5.32. The molecule has 1 aliphatic carbocycles. The first kappa shape index (κ1) is 15.3. The summed E-state index contributed by atoms with van der Waals surface area (Å²) in [6, 6.07) is 7.31. The molecule has 0 radical (unpaired) electrons. The van der Waals surface area contributed by atoms with Crippen LogP contribution in [0.5, 0.6) is 0 Å². The molecule has 1 aromatic carbocycles. The van der Waals surface area contributed by atoms with E-state index >= 15 is 0 Å². The van der Waals surface area contributed by atoms with Gasteiger partial charge in [-0.25, -0.2) is 0 Å². The number of rotatable bonds is 3. The highest BCUT2D eigenvalue weighted by Gasteiger charge is 2.40. The van der Waals surface area contributed by atoms with Crippen LogP contribution >= 0.6 is 12.2 Å². The summed E-state index contributed by atoms with van der Waals surface area (Å²) in [6.45, 7) is 1.38. The molecular formula is C15H19N3O3S. The number of nitrogens with one attached hydrogen (secondary N) is 2. The third kappa shape index (κ3) is 3.43. The molecule has 1 aliphatic heterocycles. The summed E-state index contributed by atoms with van der Waals surface area (Å²) in [4.78, 5) is 10.8. The molecule has 0 bridgehead atoms. The van der Waals surface area contributed by atoms with Gasteiger partial charge >= 0.3 is 0 Å². The minimum absolute atomic E-state index is 0.287. The van der Waals surface area contributed by atoms with Gasteiger partial charge in [-0.05, 0) is 42.4 Å². The lowest BCUT2D eigenvalue weighted by molar-refractivity contribution is -0.179. The molecule has 0 amide bonds. The first-order valence-corrected chi connectivity index (χ1v) is 7.89. The van der Waals surface area contributed by atoms with E-state index < -0.39 is 0 Å². The van der Waals surface area contributed by atoms with Gasteiger partial charge in [0.05, 0.1) is 18.9 Å². The van der Waals surface area contributed by atoms with Crippen LogP contribution in [0.15, 0.2) is 29.4 Å². The predicted molar refractivity (Wildman–Crippen MR) is 88.1 cm³/mol. The molecule has 1 aromatic rings. The van der Waals surface area contributed by atoms with Gasteiger partial charge in [0.25, 0.3) is 0 Å². The van der Waals surface area contributed by atoms with Crippen molar-refractivity contribution in [1.82, 2.24) is 5.32 Å². The molecular weight excluding hydrogens is 302 g/mol. The molecule has 1 spiro atoms. The van der Waals surface area contributed by atoms with Crippen molar-refractivity contribution in [2.24, 2.45) is 5.18 Å². The Hall–Kier alpha value is -1.57. The number of anilines is 1. The van der Waals surface area contributed by atoms with Gasteiger partial charge in [-0.1, -0.05) is 12.1 Å². The Labute approximate surface area is 134 Å². The SMILES string of the molecule is O=Nc1ccccc1NC(=S)NC1CCC2(CC1)OCCO2. The standard InChI is InChI=1S/C15H19N3O3S/c19-18-13-4-2-1-3-12(13)17-14(22)16-11-5-7-15(8-6-11)20-9-10-21-15/h1-4,11H,5-10H2,(H2,16,17,22). The molecule has 1 saturated carbocycles. The molecule has 3 rings (SSSR count). The second kappa shape index (κ2) is 6.68. The Balaban J connectivity index is 1.51. The van der Waals surface area contributed by atoms with Gasteiger partial charge in [0.1, 0.15) is 5.69 Å². The summed E-state index contributed by atoms with van der Waals surface area (Å²) in [5, 5.41) is 9.81. The number of hydrogen-bond donors (Lipinski definition) is 2. The molecule has 0 atom stereocenters. The molecule has 2 N–H and O–H groups in total. The Morgan fingerprint density at radius 2 is 1.91 bits per heavy atom. The molecule has 118 valence electrons. The van der Waals surface area contributed by atoms with E-state index in [1.54, 1.807) is 18.2 Å². The molecule has 2 aliphatic rings. The van der Waals surface area contributed by atoms with E-state index in [2.05, 4.69) is 15.8 Å². The van der Waals surface area contributed by atoms with E-state index in [-0.39, 0.29) is 11.8 Å². The van der Waals surface area contributed by atoms with Crippen LogP contribution in [0, 0.1) is 4.91 Å². The van der Waals surface area contributed by atoms with Crippen molar-refractivity contribution in [3.8, 4) is 0 Å². The zero-order valence-corrected chi connectivity index (χ0v) is 13.0. The van der Waals surface area contributed by atoms with E-state index in [4.69, 9.17) is 21.7 Å². The first-order chi connectivity index (χ1) is 10.7. The monoisotopic (exact) mass is 321 g/mol. The lowest BCUT2D eigenvalue weighted by Crippen LogP contribution is -2.45. The van der Waals surface area contributed by atoms with Gasteiger partial charge < -0.3 is 20.1 Å². The lowest BCUT2D eigenvalue weighted by atomic mass is 9.90. The minimum atomic E-state index is -0.360. The Bertz CT molecular complexity index is 551. The van der Waals surface area contributed by atoms with Gasteiger partial charge in [0, 0.05) is 18.9 Å². The highest BCUT2D eigenvalue weighted by molar-refractivity contribution is 7.80. The van der Waals surface area contributed by atoms with E-state index in [1.807, 2.05) is 6.07 Å². The van der Waals surface area contributed by atoms with E-state index in [0.717, 1.165) is 25.7 Å². The largest absolute Gasteiger partial charge is 0.360 e. The predicted octanol–water partition coefficient (Wildman–Crippen LogP) is 3.06. The highest BCUT2D eigenvalue weighted by atomic mass is 32.1. The fourth-order valence-corrected chi connectivity index (χ4v) is 3.27. The van der Waals surface area contributed by atoms with Crippen LogP contribution in [-0.2, 0) is 9.47 Å². The number of nitrogens with zero attached hydrogens (tertiary/aromatic N) is 1. The fraction of sp³-hybridized carbons (Fsp3) is 0.533. The van der Waals surface area contributed by atoms with E-state index in [0.29, 0.717) is 29.7 Å². The van der Waals surface area contributed by atoms with Crippen LogP contribution < -0.4 is 10.6 Å². The van der Waals surface area contributed by atoms with Gasteiger partial charge in [-0.2, -0.15) is 0 Å². The summed E-state index contributed by atoms with van der Waals surface area (Å²) < 4.78 is 11.4. The normalized spacial score (nSPS) is 20.7. The van der Waals surface area contributed by atoms with Crippen LogP contribution in [0.4, 0.5) is 11.4 Å². The number of ether oxygens (including phenoxy) is 2. The Morgan fingerprint density at radius 3 is 2.59 bits per heavy atom. The highest BCUT2D eigenvalue weighted by Crippen LogP contribution is 2.35. The molecule has 0 aromatic heterocycles. The Kier molecular flexibility index (Phi) is 4.66. The first-order valence-electron chi connectivity index (χ1n) is 7.49. The number of para-hydroxylation sites is 1. The second-order valence-electron chi connectivity index (χ2n) is 5.59. The van der Waals surface area contributed by atoms with Gasteiger partial charge in [-0.3, -0.25) is 0 Å². The van der Waals surface area contributed by atoms with Crippen molar-refractivity contribution in [2.75, 3.05) is 18.5 Å². The molecule has 1 heterocycles. The van der Waals surface area contributed by atoms with Gasteiger partial charge in [-0.15, -0.1) is 4.91 Å². The van der Waals surface area contributed by atoms with Crippen molar-refractivity contribution in [2.45, 2.75) is 37.5 Å².